The zero-order valence-corrected chi connectivity index (χ0v) is 9.64. The second-order valence-electron chi connectivity index (χ2n) is 5.02. The summed E-state index contributed by atoms with van der Waals surface area (Å²) in [5.74, 6) is 0.0392. The van der Waals surface area contributed by atoms with Crippen molar-refractivity contribution in [3.8, 4) is 0 Å². The van der Waals surface area contributed by atoms with Gasteiger partial charge in [0, 0.05) is 5.54 Å². The highest BCUT2D eigenvalue weighted by Gasteiger charge is 2.24. The smallest absolute Gasteiger partial charge is 0.231 e. The first-order chi connectivity index (χ1) is 6.29. The van der Waals surface area contributed by atoms with E-state index < -0.39 is 0 Å². The molecular weight excluding hydrogens is 174 g/mol. The van der Waals surface area contributed by atoms with E-state index in [9.17, 15) is 4.79 Å². The van der Waals surface area contributed by atoms with Gasteiger partial charge in [0.05, 0.1) is 5.92 Å². The van der Waals surface area contributed by atoms with Gasteiger partial charge in [-0.25, -0.2) is 0 Å². The van der Waals surface area contributed by atoms with Crippen molar-refractivity contribution in [2.75, 3.05) is 0 Å². The lowest BCUT2D eigenvalue weighted by atomic mass is 10.0. The third kappa shape index (κ3) is 2.72. The fourth-order valence-electron chi connectivity index (χ4n) is 1.62. The van der Waals surface area contributed by atoms with Crippen molar-refractivity contribution in [2.24, 2.45) is 5.92 Å². The Hall–Kier alpha value is -1.05. The van der Waals surface area contributed by atoms with Crippen LogP contribution in [0.5, 0.6) is 0 Å². The normalized spacial score (nSPS) is 21.6. The zero-order valence-electron chi connectivity index (χ0n) is 9.64. The second-order valence-corrected chi connectivity index (χ2v) is 5.02. The van der Waals surface area contributed by atoms with Gasteiger partial charge in [-0.15, -0.1) is 0 Å². The summed E-state index contributed by atoms with van der Waals surface area (Å²) < 4.78 is 0. The molecule has 78 valence electrons. The molecule has 0 saturated heterocycles. The number of carbonyl (C=O) groups excluding carboxylic acids is 1. The molecule has 0 aromatic carbocycles. The lowest BCUT2D eigenvalue weighted by Gasteiger charge is -2.23. The Kier molecular flexibility index (Phi) is 2.84. The van der Waals surface area contributed by atoms with E-state index in [-0.39, 0.29) is 17.4 Å². The second kappa shape index (κ2) is 3.60. The first kappa shape index (κ1) is 11.0. The van der Waals surface area contributed by atoms with Gasteiger partial charge in [-0.1, -0.05) is 23.3 Å². The average Bonchev–Trinajstić information content (AvgIpc) is 2.26. The predicted octanol–water partition coefficient (Wildman–Crippen LogP) is 2.42. The lowest BCUT2D eigenvalue weighted by Crippen LogP contribution is -2.43. The van der Waals surface area contributed by atoms with Crippen molar-refractivity contribution in [3.05, 3.63) is 23.3 Å². The summed E-state index contributed by atoms with van der Waals surface area (Å²) in [4.78, 5) is 11.8. The average molecular weight is 193 g/mol. The number of amides is 1. The van der Waals surface area contributed by atoms with E-state index in [4.69, 9.17) is 0 Å². The van der Waals surface area contributed by atoms with Crippen LogP contribution in [0, 0.1) is 5.92 Å². The standard InChI is InChI=1S/C12H19NO/c1-8-6-9(2)10(7-8)11(14)13-12(3,4)5/h6-7,10H,1-5H3,(H,13,14). The number of carbonyl (C=O) groups is 1. The van der Waals surface area contributed by atoms with E-state index in [1.54, 1.807) is 0 Å². The molecule has 0 radical (unpaired) electrons. The predicted molar refractivity (Wildman–Crippen MR) is 58.9 cm³/mol. The summed E-state index contributed by atoms with van der Waals surface area (Å²) in [6, 6.07) is 0. The summed E-state index contributed by atoms with van der Waals surface area (Å²) >= 11 is 0. The summed E-state index contributed by atoms with van der Waals surface area (Å²) in [6.07, 6.45) is 4.07. The lowest BCUT2D eigenvalue weighted by molar-refractivity contribution is -0.124. The van der Waals surface area contributed by atoms with E-state index in [0.29, 0.717) is 0 Å². The summed E-state index contributed by atoms with van der Waals surface area (Å²) in [5, 5.41) is 2.99. The third-order valence-corrected chi connectivity index (χ3v) is 2.16. The van der Waals surface area contributed by atoms with E-state index in [1.807, 2.05) is 40.7 Å². The van der Waals surface area contributed by atoms with Crippen molar-refractivity contribution in [3.63, 3.8) is 0 Å². The van der Waals surface area contributed by atoms with Gasteiger partial charge >= 0.3 is 0 Å². The Bertz CT molecular complexity index is 305. The molecule has 0 saturated carbocycles. The molecule has 0 heterocycles. The molecule has 1 unspecified atom stereocenters. The van der Waals surface area contributed by atoms with Crippen molar-refractivity contribution >= 4 is 5.91 Å². The maximum atomic E-state index is 11.8. The van der Waals surface area contributed by atoms with E-state index >= 15 is 0 Å². The van der Waals surface area contributed by atoms with E-state index in [0.717, 1.165) is 5.57 Å². The third-order valence-electron chi connectivity index (χ3n) is 2.16. The van der Waals surface area contributed by atoms with Crippen LogP contribution in [0.3, 0.4) is 0 Å². The Morgan fingerprint density at radius 3 is 2.29 bits per heavy atom. The Morgan fingerprint density at radius 1 is 1.36 bits per heavy atom. The number of hydrogen-bond donors (Lipinski definition) is 1. The quantitative estimate of drug-likeness (QED) is 0.681. The molecule has 1 rings (SSSR count). The van der Waals surface area contributed by atoms with E-state index in [2.05, 4.69) is 11.4 Å². The Balaban J connectivity index is 2.69. The van der Waals surface area contributed by atoms with Gasteiger partial charge in [0.25, 0.3) is 0 Å². The van der Waals surface area contributed by atoms with Gasteiger partial charge in [0.1, 0.15) is 0 Å². The van der Waals surface area contributed by atoms with Crippen molar-refractivity contribution < 1.29 is 4.79 Å². The molecule has 0 aromatic rings. The van der Waals surface area contributed by atoms with Crippen LogP contribution < -0.4 is 5.32 Å². The molecule has 1 atom stereocenters. The molecule has 2 nitrogen and oxygen atoms in total. The molecule has 0 spiro atoms. The van der Waals surface area contributed by atoms with Crippen LogP contribution in [0.4, 0.5) is 0 Å². The van der Waals surface area contributed by atoms with Crippen LogP contribution >= 0.6 is 0 Å². The molecule has 14 heavy (non-hydrogen) atoms. The zero-order chi connectivity index (χ0) is 10.9. The molecular formula is C12H19NO. The summed E-state index contributed by atoms with van der Waals surface area (Å²) in [6.45, 7) is 10.0. The maximum absolute atomic E-state index is 11.8. The first-order valence-corrected chi connectivity index (χ1v) is 4.98. The van der Waals surface area contributed by atoms with Gasteiger partial charge in [0.15, 0.2) is 0 Å². The molecule has 0 fully saturated rings. The number of hydrogen-bond acceptors (Lipinski definition) is 1. The molecule has 0 aromatic heterocycles. The molecule has 2 heteroatoms. The monoisotopic (exact) mass is 193 g/mol. The fraction of sp³-hybridized carbons (Fsp3) is 0.583. The van der Waals surface area contributed by atoms with Gasteiger partial charge in [-0.05, 0) is 34.6 Å². The van der Waals surface area contributed by atoms with Crippen LogP contribution in [0.25, 0.3) is 0 Å². The van der Waals surface area contributed by atoms with Crippen LogP contribution in [-0.2, 0) is 4.79 Å². The molecule has 0 aliphatic heterocycles. The SMILES string of the molecule is CC1=CC(C(=O)NC(C)(C)C)C(C)=C1. The van der Waals surface area contributed by atoms with E-state index in [1.165, 1.54) is 5.57 Å². The van der Waals surface area contributed by atoms with Crippen molar-refractivity contribution in [2.45, 2.75) is 40.2 Å². The van der Waals surface area contributed by atoms with Gasteiger partial charge in [0.2, 0.25) is 5.91 Å². The Labute approximate surface area is 86.1 Å². The molecule has 1 aliphatic carbocycles. The summed E-state index contributed by atoms with van der Waals surface area (Å²) in [5.41, 5.74) is 2.16. The Morgan fingerprint density at radius 2 is 1.93 bits per heavy atom. The topological polar surface area (TPSA) is 29.1 Å². The molecule has 1 amide bonds. The maximum Gasteiger partial charge on any atom is 0.231 e. The van der Waals surface area contributed by atoms with Crippen LogP contribution in [-0.4, -0.2) is 11.4 Å². The minimum Gasteiger partial charge on any atom is -0.351 e. The largest absolute Gasteiger partial charge is 0.351 e. The number of nitrogens with one attached hydrogen (secondary N) is 1. The van der Waals surface area contributed by atoms with Crippen LogP contribution in [0.1, 0.15) is 34.6 Å². The molecule has 1 aliphatic rings. The highest BCUT2D eigenvalue weighted by molar-refractivity contribution is 5.85. The fourth-order valence-corrected chi connectivity index (χ4v) is 1.62. The van der Waals surface area contributed by atoms with Gasteiger partial charge in [-0.2, -0.15) is 0 Å². The minimum atomic E-state index is -0.151. The molecule has 0 bridgehead atoms. The number of rotatable bonds is 1. The van der Waals surface area contributed by atoms with Gasteiger partial charge in [-0.3, -0.25) is 4.79 Å². The highest BCUT2D eigenvalue weighted by Crippen LogP contribution is 2.24. The van der Waals surface area contributed by atoms with Crippen LogP contribution in [0.2, 0.25) is 0 Å². The molecule has 1 N–H and O–H groups in total. The van der Waals surface area contributed by atoms with Crippen molar-refractivity contribution in [1.82, 2.24) is 5.32 Å². The highest BCUT2D eigenvalue weighted by atomic mass is 16.2. The minimum absolute atomic E-state index is 0.0609. The summed E-state index contributed by atoms with van der Waals surface area (Å²) in [7, 11) is 0. The van der Waals surface area contributed by atoms with Crippen LogP contribution in [0.15, 0.2) is 23.3 Å². The first-order valence-electron chi connectivity index (χ1n) is 4.98. The number of allylic oxidation sites excluding steroid dienone is 2. The van der Waals surface area contributed by atoms with Gasteiger partial charge < -0.3 is 5.32 Å². The van der Waals surface area contributed by atoms with Crippen molar-refractivity contribution in [1.29, 1.82) is 0 Å².